The van der Waals surface area contributed by atoms with Gasteiger partial charge in [0.05, 0.1) is 0 Å². The van der Waals surface area contributed by atoms with Crippen LogP contribution in [0.1, 0.15) is 24.3 Å². The lowest BCUT2D eigenvalue weighted by atomic mass is 10.2. The molecule has 0 fully saturated rings. The number of amides is 1. The summed E-state index contributed by atoms with van der Waals surface area (Å²) >= 11 is 0. The van der Waals surface area contributed by atoms with E-state index >= 15 is 0 Å². The second-order valence-corrected chi connectivity index (χ2v) is 4.46. The van der Waals surface area contributed by atoms with Crippen LogP contribution in [0.2, 0.25) is 0 Å². The number of hydrogen-bond acceptors (Lipinski definition) is 4. The van der Waals surface area contributed by atoms with Gasteiger partial charge in [-0.05, 0) is 32.0 Å². The molecule has 0 saturated carbocycles. The Hall–Kier alpha value is -2.57. The van der Waals surface area contributed by atoms with E-state index in [1.54, 1.807) is 0 Å². The Morgan fingerprint density at radius 2 is 1.82 bits per heavy atom. The molecular formula is C15H16F2N4O. The second-order valence-electron chi connectivity index (χ2n) is 4.46. The topological polar surface area (TPSA) is 58.1 Å². The summed E-state index contributed by atoms with van der Waals surface area (Å²) in [5.41, 5.74) is -0.449. The van der Waals surface area contributed by atoms with Crippen molar-refractivity contribution in [3.63, 3.8) is 0 Å². The summed E-state index contributed by atoms with van der Waals surface area (Å²) < 4.78 is 27.1. The molecular weight excluding hydrogens is 290 g/mol. The summed E-state index contributed by atoms with van der Waals surface area (Å²) in [5.74, 6) is -1.98. The summed E-state index contributed by atoms with van der Waals surface area (Å²) in [7, 11) is 0. The van der Waals surface area contributed by atoms with Crippen molar-refractivity contribution in [3.05, 3.63) is 47.8 Å². The van der Waals surface area contributed by atoms with E-state index < -0.39 is 23.2 Å². The first-order chi connectivity index (χ1) is 10.6. The van der Waals surface area contributed by atoms with Gasteiger partial charge < -0.3 is 10.2 Å². The molecule has 0 spiro atoms. The molecule has 0 atom stereocenters. The van der Waals surface area contributed by atoms with Gasteiger partial charge in [0.2, 0.25) is 5.95 Å². The van der Waals surface area contributed by atoms with Crippen molar-refractivity contribution in [2.24, 2.45) is 0 Å². The molecule has 0 radical (unpaired) electrons. The van der Waals surface area contributed by atoms with Crippen LogP contribution in [0, 0.1) is 11.6 Å². The van der Waals surface area contributed by atoms with Crippen LogP contribution in [-0.2, 0) is 0 Å². The number of benzene rings is 1. The van der Waals surface area contributed by atoms with Crippen molar-refractivity contribution in [1.82, 2.24) is 9.97 Å². The number of carbonyl (C=O) groups excluding carboxylic acids is 1. The zero-order chi connectivity index (χ0) is 16.1. The largest absolute Gasteiger partial charge is 0.341 e. The summed E-state index contributed by atoms with van der Waals surface area (Å²) in [6.07, 6.45) is 1.44. The van der Waals surface area contributed by atoms with Gasteiger partial charge in [0.25, 0.3) is 5.91 Å². The molecule has 2 aromatic rings. The molecule has 0 unspecified atom stereocenters. The Morgan fingerprint density at radius 1 is 1.18 bits per heavy atom. The minimum absolute atomic E-state index is 0.0413. The predicted molar refractivity (Wildman–Crippen MR) is 79.9 cm³/mol. The third-order valence-corrected chi connectivity index (χ3v) is 3.12. The number of aromatic nitrogens is 2. The molecule has 2 rings (SSSR count). The van der Waals surface area contributed by atoms with Gasteiger partial charge in [-0.2, -0.15) is 0 Å². The van der Waals surface area contributed by atoms with Crippen molar-refractivity contribution >= 4 is 17.5 Å². The Kier molecular flexibility index (Phi) is 4.98. The highest BCUT2D eigenvalue weighted by molar-refractivity contribution is 6.03. The monoisotopic (exact) mass is 306 g/mol. The molecule has 1 N–H and O–H groups in total. The minimum atomic E-state index is -0.841. The maximum atomic E-state index is 13.5. The highest BCUT2D eigenvalue weighted by atomic mass is 19.1. The zero-order valence-electron chi connectivity index (χ0n) is 12.3. The lowest BCUT2D eigenvalue weighted by Gasteiger charge is -2.18. The highest BCUT2D eigenvalue weighted by Crippen LogP contribution is 2.19. The van der Waals surface area contributed by atoms with Crippen molar-refractivity contribution in [2.75, 3.05) is 23.3 Å². The van der Waals surface area contributed by atoms with Crippen LogP contribution < -0.4 is 10.2 Å². The first-order valence-electron chi connectivity index (χ1n) is 6.90. The van der Waals surface area contributed by atoms with Crippen molar-refractivity contribution < 1.29 is 13.6 Å². The van der Waals surface area contributed by atoms with E-state index in [0.717, 1.165) is 12.1 Å². The van der Waals surface area contributed by atoms with Crippen molar-refractivity contribution in [2.45, 2.75) is 13.8 Å². The van der Waals surface area contributed by atoms with Gasteiger partial charge in [-0.25, -0.2) is 18.7 Å². The summed E-state index contributed by atoms with van der Waals surface area (Å²) in [6, 6.07) is 4.75. The third-order valence-electron chi connectivity index (χ3n) is 3.12. The van der Waals surface area contributed by atoms with Crippen LogP contribution in [-0.4, -0.2) is 29.0 Å². The number of nitrogens with zero attached hydrogens (tertiary/aromatic N) is 3. The Bertz CT molecular complexity index is 654. The second kappa shape index (κ2) is 6.93. The number of rotatable bonds is 5. The van der Waals surface area contributed by atoms with E-state index in [0.29, 0.717) is 19.0 Å². The van der Waals surface area contributed by atoms with Crippen LogP contribution in [0.15, 0.2) is 30.5 Å². The SMILES string of the molecule is CCN(CC)c1nccc(C(=O)Nc2c(F)cccc2F)n1. The number of halogens is 2. The molecule has 0 aliphatic heterocycles. The van der Waals surface area contributed by atoms with E-state index in [2.05, 4.69) is 15.3 Å². The van der Waals surface area contributed by atoms with Crippen LogP contribution in [0.5, 0.6) is 0 Å². The Morgan fingerprint density at radius 3 is 2.41 bits per heavy atom. The maximum absolute atomic E-state index is 13.5. The molecule has 7 heteroatoms. The molecule has 116 valence electrons. The van der Waals surface area contributed by atoms with Crippen molar-refractivity contribution in [1.29, 1.82) is 0 Å². The van der Waals surface area contributed by atoms with Crippen molar-refractivity contribution in [3.8, 4) is 0 Å². The molecule has 1 aromatic heterocycles. The van der Waals surface area contributed by atoms with Crippen LogP contribution in [0.4, 0.5) is 20.4 Å². The Labute approximate surface area is 127 Å². The molecule has 1 heterocycles. The number of nitrogens with one attached hydrogen (secondary N) is 1. The van der Waals surface area contributed by atoms with Gasteiger partial charge in [0, 0.05) is 19.3 Å². The number of carbonyl (C=O) groups is 1. The number of anilines is 2. The molecule has 1 aromatic carbocycles. The van der Waals surface area contributed by atoms with Gasteiger partial charge in [0.1, 0.15) is 23.0 Å². The zero-order valence-corrected chi connectivity index (χ0v) is 12.3. The van der Waals surface area contributed by atoms with E-state index in [1.807, 2.05) is 18.7 Å². The molecule has 5 nitrogen and oxygen atoms in total. The molecule has 0 aliphatic rings. The summed E-state index contributed by atoms with van der Waals surface area (Å²) in [6.45, 7) is 5.25. The van der Waals surface area contributed by atoms with E-state index in [-0.39, 0.29) is 5.69 Å². The maximum Gasteiger partial charge on any atom is 0.274 e. The van der Waals surface area contributed by atoms with Crippen LogP contribution >= 0.6 is 0 Å². The quantitative estimate of drug-likeness (QED) is 0.923. The summed E-state index contributed by atoms with van der Waals surface area (Å²) in [4.78, 5) is 22.2. The average molecular weight is 306 g/mol. The standard InChI is InChI=1S/C15H16F2N4O/c1-3-21(4-2)15-18-9-8-12(19-15)14(22)20-13-10(16)6-5-7-11(13)17/h5-9H,3-4H2,1-2H3,(H,20,22). The normalized spacial score (nSPS) is 10.4. The van der Waals surface area contributed by atoms with Gasteiger partial charge in [0.15, 0.2) is 0 Å². The van der Waals surface area contributed by atoms with Crippen LogP contribution in [0.3, 0.4) is 0 Å². The molecule has 22 heavy (non-hydrogen) atoms. The fourth-order valence-corrected chi connectivity index (χ4v) is 1.93. The van der Waals surface area contributed by atoms with Crippen LogP contribution in [0.25, 0.3) is 0 Å². The number of hydrogen-bond donors (Lipinski definition) is 1. The van der Waals surface area contributed by atoms with E-state index in [4.69, 9.17) is 0 Å². The molecule has 1 amide bonds. The highest BCUT2D eigenvalue weighted by Gasteiger charge is 2.16. The van der Waals surface area contributed by atoms with Gasteiger partial charge in [-0.1, -0.05) is 6.07 Å². The van der Waals surface area contributed by atoms with Gasteiger partial charge in [-0.15, -0.1) is 0 Å². The van der Waals surface area contributed by atoms with Gasteiger partial charge >= 0.3 is 0 Å². The minimum Gasteiger partial charge on any atom is -0.341 e. The predicted octanol–water partition coefficient (Wildman–Crippen LogP) is 2.85. The first-order valence-corrected chi connectivity index (χ1v) is 6.90. The average Bonchev–Trinajstić information content (AvgIpc) is 2.52. The smallest absolute Gasteiger partial charge is 0.274 e. The lowest BCUT2D eigenvalue weighted by molar-refractivity contribution is 0.102. The van der Waals surface area contributed by atoms with Gasteiger partial charge in [-0.3, -0.25) is 4.79 Å². The third kappa shape index (κ3) is 3.36. The lowest BCUT2D eigenvalue weighted by Crippen LogP contribution is -2.25. The molecule has 0 aliphatic carbocycles. The first kappa shape index (κ1) is 15.8. The Balaban J connectivity index is 2.25. The number of para-hydroxylation sites is 1. The summed E-state index contributed by atoms with van der Waals surface area (Å²) in [5, 5.41) is 2.20. The molecule has 0 bridgehead atoms. The fourth-order valence-electron chi connectivity index (χ4n) is 1.93. The van der Waals surface area contributed by atoms with E-state index in [9.17, 15) is 13.6 Å². The fraction of sp³-hybridized carbons (Fsp3) is 0.267. The molecule has 0 saturated heterocycles. The van der Waals surface area contributed by atoms with E-state index in [1.165, 1.54) is 18.3 Å².